The molecule has 1 unspecified atom stereocenters. The van der Waals surface area contributed by atoms with Gasteiger partial charge in [-0.25, -0.2) is 0 Å². The number of aromatic hydroxyl groups is 1. The Morgan fingerprint density at radius 1 is 0.973 bits per heavy atom. The fraction of sp³-hybridized carbons (Fsp3) is 0.241. The van der Waals surface area contributed by atoms with E-state index in [4.69, 9.17) is 14.2 Å². The number of phenols is 1. The molecule has 0 aromatic heterocycles. The van der Waals surface area contributed by atoms with E-state index in [2.05, 4.69) is 0 Å². The lowest BCUT2D eigenvalue weighted by atomic mass is 9.94. The van der Waals surface area contributed by atoms with Gasteiger partial charge in [-0.3, -0.25) is 9.59 Å². The average molecular weight is 504 g/mol. The molecule has 1 atom stereocenters. The first kappa shape index (κ1) is 25.8. The molecule has 192 valence electrons. The highest BCUT2D eigenvalue weighted by Gasteiger charge is 2.46. The highest BCUT2D eigenvalue weighted by atomic mass is 16.5. The molecule has 0 saturated carbocycles. The molecule has 4 rings (SSSR count). The highest BCUT2D eigenvalue weighted by molar-refractivity contribution is 6.46. The summed E-state index contributed by atoms with van der Waals surface area (Å²) >= 11 is 0. The van der Waals surface area contributed by atoms with E-state index < -0.39 is 17.7 Å². The highest BCUT2D eigenvalue weighted by Crippen LogP contribution is 2.42. The van der Waals surface area contributed by atoms with E-state index >= 15 is 0 Å². The standard InChI is InChI=1S/C29H29NO7/c1-18-15-21(10-11-23(18)37-17-19-7-5-4-6-8-19)27(32)25-26(20-9-12-24(36-3)22(31)16-20)30(13-14-35-2)29(34)28(25)33/h4-12,15-16,26,31-32H,13-14,17H2,1-3H3/b27-25-. The largest absolute Gasteiger partial charge is 0.507 e. The molecule has 0 spiro atoms. The molecule has 1 aliphatic rings. The van der Waals surface area contributed by atoms with E-state index in [1.807, 2.05) is 37.3 Å². The van der Waals surface area contributed by atoms with Crippen molar-refractivity contribution < 1.29 is 34.0 Å². The normalized spacial score (nSPS) is 16.7. The molecule has 1 saturated heterocycles. The number of hydrogen-bond donors (Lipinski definition) is 2. The van der Waals surface area contributed by atoms with Crippen LogP contribution < -0.4 is 9.47 Å². The number of carbonyl (C=O) groups is 2. The molecule has 1 amide bonds. The van der Waals surface area contributed by atoms with Crippen molar-refractivity contribution in [3.05, 3.63) is 94.6 Å². The summed E-state index contributed by atoms with van der Waals surface area (Å²) in [4.78, 5) is 27.4. The van der Waals surface area contributed by atoms with Gasteiger partial charge >= 0.3 is 0 Å². The number of ketones is 1. The molecule has 3 aromatic rings. The van der Waals surface area contributed by atoms with Crippen LogP contribution in [0, 0.1) is 6.92 Å². The van der Waals surface area contributed by atoms with Gasteiger partial charge in [0.05, 0.1) is 25.3 Å². The summed E-state index contributed by atoms with van der Waals surface area (Å²) in [5.74, 6) is -1.13. The Morgan fingerprint density at radius 3 is 2.35 bits per heavy atom. The minimum absolute atomic E-state index is 0.0666. The number of rotatable bonds is 9. The van der Waals surface area contributed by atoms with Crippen LogP contribution in [0.5, 0.6) is 17.2 Å². The van der Waals surface area contributed by atoms with E-state index in [0.29, 0.717) is 23.5 Å². The van der Waals surface area contributed by atoms with Crippen molar-refractivity contribution in [3.63, 3.8) is 0 Å². The van der Waals surface area contributed by atoms with Crippen LogP contribution in [-0.2, 0) is 20.9 Å². The van der Waals surface area contributed by atoms with Crippen LogP contribution in [-0.4, -0.2) is 54.2 Å². The predicted octanol–water partition coefficient (Wildman–Crippen LogP) is 4.36. The van der Waals surface area contributed by atoms with Gasteiger partial charge in [-0.05, 0) is 53.9 Å². The minimum atomic E-state index is -0.915. The number of hydrogen-bond acceptors (Lipinski definition) is 7. The number of nitrogens with zero attached hydrogens (tertiary/aromatic N) is 1. The third-order valence-electron chi connectivity index (χ3n) is 6.28. The fourth-order valence-corrected chi connectivity index (χ4v) is 4.37. The van der Waals surface area contributed by atoms with Gasteiger partial charge in [-0.1, -0.05) is 36.4 Å². The average Bonchev–Trinajstić information content (AvgIpc) is 3.16. The maximum atomic E-state index is 13.1. The maximum absolute atomic E-state index is 13.1. The molecule has 0 aliphatic carbocycles. The van der Waals surface area contributed by atoms with Crippen LogP contribution in [0.2, 0.25) is 0 Å². The Hall–Kier alpha value is -4.30. The van der Waals surface area contributed by atoms with Gasteiger partial charge in [0.2, 0.25) is 0 Å². The summed E-state index contributed by atoms with van der Waals surface area (Å²) in [5.41, 5.74) is 2.54. The van der Waals surface area contributed by atoms with Crippen molar-refractivity contribution in [3.8, 4) is 17.2 Å². The number of aliphatic hydroxyl groups excluding tert-OH is 1. The van der Waals surface area contributed by atoms with Crippen molar-refractivity contribution in [1.29, 1.82) is 0 Å². The van der Waals surface area contributed by atoms with Gasteiger partial charge in [-0.2, -0.15) is 0 Å². The fourth-order valence-electron chi connectivity index (χ4n) is 4.37. The van der Waals surface area contributed by atoms with Crippen molar-refractivity contribution in [1.82, 2.24) is 4.90 Å². The molecule has 3 aromatic carbocycles. The molecule has 0 bridgehead atoms. The molecule has 2 N–H and O–H groups in total. The molecular weight excluding hydrogens is 474 g/mol. The Labute approximate surface area is 215 Å². The summed E-state index contributed by atoms with van der Waals surface area (Å²) in [5, 5.41) is 21.7. The number of methoxy groups -OCH3 is 2. The van der Waals surface area contributed by atoms with Crippen LogP contribution >= 0.6 is 0 Å². The SMILES string of the molecule is COCCN1C(=O)C(=O)/C(=C(\O)c2ccc(OCc3ccccc3)c(C)c2)C1c1ccc(OC)c(O)c1. The van der Waals surface area contributed by atoms with Crippen LogP contribution in [0.4, 0.5) is 0 Å². The second kappa shape index (κ2) is 11.2. The number of aliphatic hydroxyl groups is 1. The summed E-state index contributed by atoms with van der Waals surface area (Å²) in [6.07, 6.45) is 0. The second-order valence-corrected chi connectivity index (χ2v) is 8.67. The van der Waals surface area contributed by atoms with Crippen LogP contribution in [0.15, 0.2) is 72.3 Å². The van der Waals surface area contributed by atoms with E-state index in [-0.39, 0.29) is 36.0 Å². The topological polar surface area (TPSA) is 106 Å². The first-order valence-electron chi connectivity index (χ1n) is 11.8. The van der Waals surface area contributed by atoms with Crippen LogP contribution in [0.3, 0.4) is 0 Å². The lowest BCUT2D eigenvalue weighted by molar-refractivity contribution is -0.140. The first-order valence-corrected chi connectivity index (χ1v) is 11.8. The molecular formula is C29H29NO7. The third kappa shape index (κ3) is 5.29. The number of amides is 1. The monoisotopic (exact) mass is 503 g/mol. The molecule has 1 heterocycles. The van der Waals surface area contributed by atoms with Crippen molar-refractivity contribution in [2.75, 3.05) is 27.4 Å². The molecule has 0 radical (unpaired) electrons. The summed E-state index contributed by atoms with van der Waals surface area (Å²) in [6.45, 7) is 2.55. The van der Waals surface area contributed by atoms with Crippen molar-refractivity contribution in [2.24, 2.45) is 0 Å². The first-order chi connectivity index (χ1) is 17.8. The number of phenolic OH excluding ortho intramolecular Hbond substituents is 1. The maximum Gasteiger partial charge on any atom is 0.295 e. The van der Waals surface area contributed by atoms with E-state index in [1.165, 1.54) is 25.2 Å². The Balaban J connectivity index is 1.72. The smallest absolute Gasteiger partial charge is 0.295 e. The zero-order valence-electron chi connectivity index (χ0n) is 20.9. The lowest BCUT2D eigenvalue weighted by Crippen LogP contribution is -2.32. The zero-order chi connectivity index (χ0) is 26.5. The Morgan fingerprint density at radius 2 is 1.70 bits per heavy atom. The van der Waals surface area contributed by atoms with Crippen molar-refractivity contribution in [2.45, 2.75) is 19.6 Å². The quantitative estimate of drug-likeness (QED) is 0.254. The number of ether oxygens (including phenoxy) is 3. The number of likely N-dealkylation sites (tertiary alicyclic amines) is 1. The summed E-state index contributed by atoms with van der Waals surface area (Å²) < 4.78 is 16.2. The molecule has 37 heavy (non-hydrogen) atoms. The van der Waals surface area contributed by atoms with Gasteiger partial charge < -0.3 is 29.3 Å². The predicted molar refractivity (Wildman–Crippen MR) is 137 cm³/mol. The zero-order valence-corrected chi connectivity index (χ0v) is 20.9. The number of aryl methyl sites for hydroxylation is 1. The number of carbonyl (C=O) groups excluding carboxylic acids is 2. The number of Topliss-reactive ketones (excluding diaryl/α,β-unsaturated/α-hetero) is 1. The van der Waals surface area contributed by atoms with E-state index in [9.17, 15) is 19.8 Å². The van der Waals surface area contributed by atoms with Crippen molar-refractivity contribution >= 4 is 17.4 Å². The molecule has 1 aliphatic heterocycles. The minimum Gasteiger partial charge on any atom is -0.507 e. The van der Waals surface area contributed by atoms with Gasteiger partial charge in [0.1, 0.15) is 18.1 Å². The van der Waals surface area contributed by atoms with E-state index in [1.54, 1.807) is 30.3 Å². The van der Waals surface area contributed by atoms with Gasteiger partial charge in [0.15, 0.2) is 11.5 Å². The third-order valence-corrected chi connectivity index (χ3v) is 6.28. The van der Waals surface area contributed by atoms with E-state index in [0.717, 1.165) is 11.1 Å². The second-order valence-electron chi connectivity index (χ2n) is 8.67. The van der Waals surface area contributed by atoms with Crippen LogP contribution in [0.25, 0.3) is 5.76 Å². The van der Waals surface area contributed by atoms with Gasteiger partial charge in [-0.15, -0.1) is 0 Å². The van der Waals surface area contributed by atoms with Gasteiger partial charge in [0.25, 0.3) is 11.7 Å². The lowest BCUT2D eigenvalue weighted by Gasteiger charge is -2.25. The summed E-state index contributed by atoms with van der Waals surface area (Å²) in [7, 11) is 2.92. The molecule has 8 nitrogen and oxygen atoms in total. The summed E-state index contributed by atoms with van der Waals surface area (Å²) in [6, 6.07) is 18.5. The molecule has 1 fully saturated rings. The van der Waals surface area contributed by atoms with Gasteiger partial charge in [0, 0.05) is 19.2 Å². The Bertz CT molecular complexity index is 1330. The Kier molecular flexibility index (Phi) is 7.79. The number of benzene rings is 3. The van der Waals surface area contributed by atoms with Crippen LogP contribution in [0.1, 0.15) is 28.3 Å². The molecule has 8 heteroatoms.